The van der Waals surface area contributed by atoms with Crippen LogP contribution in [0.2, 0.25) is 0 Å². The third kappa shape index (κ3) is 6.34. The van der Waals surface area contributed by atoms with E-state index in [0.29, 0.717) is 19.8 Å². The molecule has 0 fully saturated rings. The van der Waals surface area contributed by atoms with Crippen molar-refractivity contribution in [3.8, 4) is 0 Å². The first-order valence-electron chi connectivity index (χ1n) is 6.74. The summed E-state index contributed by atoms with van der Waals surface area (Å²) in [6.45, 7) is 11.3. The van der Waals surface area contributed by atoms with Crippen LogP contribution in [0.5, 0.6) is 0 Å². The third-order valence-corrected chi connectivity index (χ3v) is 2.73. The van der Waals surface area contributed by atoms with Gasteiger partial charge in [-0.15, -0.1) is 0 Å². The Balaban J connectivity index is 2.34. The minimum absolute atomic E-state index is 0.107. The normalized spacial score (nSPS) is 10.8. The molecule has 0 spiro atoms. The van der Waals surface area contributed by atoms with Gasteiger partial charge in [0.15, 0.2) is 0 Å². The van der Waals surface area contributed by atoms with Crippen molar-refractivity contribution in [2.24, 2.45) is 0 Å². The van der Waals surface area contributed by atoms with Gasteiger partial charge in [-0.1, -0.05) is 35.9 Å². The average Bonchev–Trinajstić information content (AvgIpc) is 2.37. The van der Waals surface area contributed by atoms with Crippen LogP contribution in [0.15, 0.2) is 36.4 Å². The predicted octanol–water partition coefficient (Wildman–Crippen LogP) is 3.03. The monoisotopic (exact) mass is 273 g/mol. The summed E-state index contributed by atoms with van der Waals surface area (Å²) in [5, 5.41) is 2.78. The highest BCUT2D eigenvalue weighted by Gasteiger charge is 1.97. The lowest BCUT2D eigenvalue weighted by atomic mass is 10.1. The minimum atomic E-state index is -0.107. The fraction of sp³-hybridized carbons (Fsp3) is 0.353. The molecule has 0 aliphatic carbocycles. The largest absolute Gasteiger partial charge is 0.375 e. The molecule has 0 saturated carbocycles. The number of benzene rings is 1. The Morgan fingerprint density at radius 1 is 1.40 bits per heavy atom. The number of carbonyl (C=O) groups excluding carboxylic acids is 1. The molecule has 0 aromatic heterocycles. The van der Waals surface area contributed by atoms with Gasteiger partial charge in [0.1, 0.15) is 0 Å². The molecule has 0 heterocycles. The van der Waals surface area contributed by atoms with Crippen LogP contribution >= 0.6 is 0 Å². The Morgan fingerprint density at radius 2 is 2.15 bits per heavy atom. The van der Waals surface area contributed by atoms with E-state index in [0.717, 1.165) is 11.1 Å². The molecule has 1 N–H and O–H groups in total. The van der Waals surface area contributed by atoms with Crippen LogP contribution in [0.25, 0.3) is 6.08 Å². The summed E-state index contributed by atoms with van der Waals surface area (Å²) in [5.74, 6) is -0.107. The quantitative estimate of drug-likeness (QED) is 0.471. The molecule has 1 aromatic rings. The average molecular weight is 273 g/mol. The highest BCUT2D eigenvalue weighted by molar-refractivity contribution is 5.91. The molecule has 0 saturated heterocycles. The predicted molar refractivity (Wildman–Crippen MR) is 83.6 cm³/mol. The fourth-order valence-electron chi connectivity index (χ4n) is 1.73. The molecule has 0 aliphatic heterocycles. The molecule has 20 heavy (non-hydrogen) atoms. The summed E-state index contributed by atoms with van der Waals surface area (Å²) >= 11 is 0. The van der Waals surface area contributed by atoms with Crippen LogP contribution in [0.4, 0.5) is 0 Å². The number of ether oxygens (including phenoxy) is 1. The van der Waals surface area contributed by atoms with Crippen molar-refractivity contribution in [3.63, 3.8) is 0 Å². The van der Waals surface area contributed by atoms with Crippen molar-refractivity contribution in [2.45, 2.75) is 20.8 Å². The van der Waals surface area contributed by atoms with Crippen molar-refractivity contribution in [2.75, 3.05) is 19.8 Å². The van der Waals surface area contributed by atoms with Gasteiger partial charge in [0.2, 0.25) is 5.91 Å². The number of nitrogens with one attached hydrogen (secondary N) is 1. The smallest absolute Gasteiger partial charge is 0.244 e. The molecule has 3 heteroatoms. The summed E-state index contributed by atoms with van der Waals surface area (Å²) in [5.41, 5.74) is 4.42. The van der Waals surface area contributed by atoms with Crippen molar-refractivity contribution in [1.82, 2.24) is 5.32 Å². The van der Waals surface area contributed by atoms with Crippen LogP contribution < -0.4 is 5.32 Å². The van der Waals surface area contributed by atoms with Crippen molar-refractivity contribution >= 4 is 12.0 Å². The first kappa shape index (κ1) is 16.2. The second-order valence-electron chi connectivity index (χ2n) is 4.99. The summed E-state index contributed by atoms with van der Waals surface area (Å²) in [4.78, 5) is 11.6. The molecule has 0 unspecified atom stereocenters. The second kappa shape index (κ2) is 8.33. The zero-order valence-corrected chi connectivity index (χ0v) is 12.5. The first-order chi connectivity index (χ1) is 9.49. The van der Waals surface area contributed by atoms with Gasteiger partial charge in [0.05, 0.1) is 13.2 Å². The van der Waals surface area contributed by atoms with E-state index in [-0.39, 0.29) is 5.91 Å². The topological polar surface area (TPSA) is 38.3 Å². The molecular formula is C17H23NO2. The van der Waals surface area contributed by atoms with Crippen LogP contribution in [0.3, 0.4) is 0 Å². The third-order valence-electron chi connectivity index (χ3n) is 2.73. The molecule has 1 aromatic carbocycles. The fourth-order valence-corrected chi connectivity index (χ4v) is 1.73. The van der Waals surface area contributed by atoms with Crippen LogP contribution in [0.1, 0.15) is 23.6 Å². The summed E-state index contributed by atoms with van der Waals surface area (Å²) < 4.78 is 5.30. The number of aryl methyl sites for hydroxylation is 2. The summed E-state index contributed by atoms with van der Waals surface area (Å²) in [7, 11) is 0. The van der Waals surface area contributed by atoms with Crippen molar-refractivity contribution in [3.05, 3.63) is 53.1 Å². The summed E-state index contributed by atoms with van der Waals surface area (Å²) in [6, 6.07) is 6.16. The van der Waals surface area contributed by atoms with Crippen LogP contribution in [-0.2, 0) is 9.53 Å². The van der Waals surface area contributed by atoms with E-state index in [1.54, 1.807) is 6.08 Å². The number of carbonyl (C=O) groups is 1. The molecule has 1 amide bonds. The van der Waals surface area contributed by atoms with Gasteiger partial charge < -0.3 is 10.1 Å². The van der Waals surface area contributed by atoms with E-state index < -0.39 is 0 Å². The van der Waals surface area contributed by atoms with Gasteiger partial charge in [-0.25, -0.2) is 0 Å². The van der Waals surface area contributed by atoms with Crippen molar-refractivity contribution < 1.29 is 9.53 Å². The van der Waals surface area contributed by atoms with E-state index in [2.05, 4.69) is 24.9 Å². The lowest BCUT2D eigenvalue weighted by Gasteiger charge is -2.04. The molecule has 3 nitrogen and oxygen atoms in total. The highest BCUT2D eigenvalue weighted by atomic mass is 16.5. The molecular weight excluding hydrogens is 250 g/mol. The minimum Gasteiger partial charge on any atom is -0.375 e. The van der Waals surface area contributed by atoms with E-state index in [4.69, 9.17) is 4.74 Å². The molecule has 108 valence electrons. The molecule has 1 rings (SSSR count). The maximum absolute atomic E-state index is 11.6. The Bertz CT molecular complexity index is 504. The van der Waals surface area contributed by atoms with E-state index >= 15 is 0 Å². The second-order valence-corrected chi connectivity index (χ2v) is 4.99. The van der Waals surface area contributed by atoms with Gasteiger partial charge >= 0.3 is 0 Å². The highest BCUT2D eigenvalue weighted by Crippen LogP contribution is 2.11. The van der Waals surface area contributed by atoms with Gasteiger partial charge in [-0.3, -0.25) is 4.79 Å². The van der Waals surface area contributed by atoms with Crippen LogP contribution in [-0.4, -0.2) is 25.7 Å². The van der Waals surface area contributed by atoms with Gasteiger partial charge in [0.25, 0.3) is 0 Å². The maximum Gasteiger partial charge on any atom is 0.244 e. The zero-order chi connectivity index (χ0) is 15.0. The number of rotatable bonds is 7. The lowest BCUT2D eigenvalue weighted by Crippen LogP contribution is -2.25. The van der Waals surface area contributed by atoms with Crippen LogP contribution in [0, 0.1) is 13.8 Å². The van der Waals surface area contributed by atoms with Gasteiger partial charge in [-0.2, -0.15) is 0 Å². The van der Waals surface area contributed by atoms with Gasteiger partial charge in [0, 0.05) is 12.6 Å². The maximum atomic E-state index is 11.6. The molecule has 0 radical (unpaired) electrons. The Morgan fingerprint density at radius 3 is 2.80 bits per heavy atom. The molecule has 0 bridgehead atoms. The SMILES string of the molecule is C=C(C)COCCNC(=O)/C=C/c1ccc(C)cc1C. The Kier molecular flexibility index (Phi) is 6.74. The van der Waals surface area contributed by atoms with Crippen molar-refractivity contribution in [1.29, 1.82) is 0 Å². The van der Waals surface area contributed by atoms with E-state index in [1.807, 2.05) is 32.1 Å². The molecule has 0 aliphatic rings. The number of hydrogen-bond acceptors (Lipinski definition) is 2. The number of hydrogen-bond donors (Lipinski definition) is 1. The Hall–Kier alpha value is -1.87. The Labute approximate surface area is 121 Å². The van der Waals surface area contributed by atoms with E-state index in [9.17, 15) is 4.79 Å². The summed E-state index contributed by atoms with van der Waals surface area (Å²) in [6.07, 6.45) is 3.38. The standard InChI is InChI=1S/C17H23NO2/c1-13(2)12-20-10-9-18-17(19)8-7-16-6-5-14(3)11-15(16)4/h5-8,11H,1,9-10,12H2,2-4H3,(H,18,19)/b8-7+. The first-order valence-corrected chi connectivity index (χ1v) is 6.74. The van der Waals surface area contributed by atoms with E-state index in [1.165, 1.54) is 11.1 Å². The number of amides is 1. The molecule has 0 atom stereocenters. The van der Waals surface area contributed by atoms with Gasteiger partial charge in [-0.05, 0) is 38.0 Å². The lowest BCUT2D eigenvalue weighted by molar-refractivity contribution is -0.116. The zero-order valence-electron chi connectivity index (χ0n) is 12.5.